The van der Waals surface area contributed by atoms with Gasteiger partial charge in [-0.1, -0.05) is 20.8 Å². The number of sulfonamides is 1. The standard InChI is InChI=1S/C15H28N2O3S/c1-6-15(7-2,8-3)16-21(19,20)14-9-13(11-18)17(10-14)12(4)5/h9-10,12,16,18H,6-8,11H2,1-5H3. The number of rotatable bonds is 8. The fourth-order valence-electron chi connectivity index (χ4n) is 2.56. The van der Waals surface area contributed by atoms with Crippen molar-refractivity contribution < 1.29 is 13.5 Å². The lowest BCUT2D eigenvalue weighted by Crippen LogP contribution is -2.46. The third kappa shape index (κ3) is 3.87. The first-order valence-corrected chi connectivity index (χ1v) is 9.09. The van der Waals surface area contributed by atoms with Gasteiger partial charge in [-0.3, -0.25) is 0 Å². The maximum atomic E-state index is 12.6. The molecule has 122 valence electrons. The maximum absolute atomic E-state index is 12.6. The summed E-state index contributed by atoms with van der Waals surface area (Å²) >= 11 is 0. The smallest absolute Gasteiger partial charge is 0.242 e. The van der Waals surface area contributed by atoms with Gasteiger partial charge in [0.05, 0.1) is 6.61 Å². The summed E-state index contributed by atoms with van der Waals surface area (Å²) in [4.78, 5) is 0.222. The molecule has 21 heavy (non-hydrogen) atoms. The summed E-state index contributed by atoms with van der Waals surface area (Å²) in [6.07, 6.45) is 3.84. The summed E-state index contributed by atoms with van der Waals surface area (Å²) in [6, 6.07) is 1.65. The predicted octanol–water partition coefficient (Wildman–Crippen LogP) is 2.81. The Balaban J connectivity index is 3.19. The molecule has 0 aliphatic rings. The molecule has 0 aromatic carbocycles. The van der Waals surface area contributed by atoms with Crippen LogP contribution in [0, 0.1) is 0 Å². The van der Waals surface area contributed by atoms with Crippen LogP contribution in [0.15, 0.2) is 17.2 Å². The van der Waals surface area contributed by atoms with E-state index in [-0.39, 0.29) is 17.5 Å². The SMILES string of the molecule is CCC(CC)(CC)NS(=O)(=O)c1cc(CO)n(C(C)C)c1. The highest BCUT2D eigenvalue weighted by molar-refractivity contribution is 7.89. The van der Waals surface area contributed by atoms with Crippen LogP contribution >= 0.6 is 0 Å². The van der Waals surface area contributed by atoms with Crippen LogP contribution in [0.4, 0.5) is 0 Å². The van der Waals surface area contributed by atoms with Gasteiger partial charge in [-0.25, -0.2) is 13.1 Å². The van der Waals surface area contributed by atoms with Crippen LogP contribution in [0.5, 0.6) is 0 Å². The third-order valence-corrected chi connectivity index (χ3v) is 5.86. The Morgan fingerprint density at radius 2 is 1.76 bits per heavy atom. The van der Waals surface area contributed by atoms with Gasteiger partial charge < -0.3 is 9.67 Å². The number of aromatic nitrogens is 1. The molecule has 0 unspecified atom stereocenters. The zero-order valence-corrected chi connectivity index (χ0v) is 14.5. The van der Waals surface area contributed by atoms with Crippen molar-refractivity contribution in [3.63, 3.8) is 0 Å². The van der Waals surface area contributed by atoms with Crippen molar-refractivity contribution >= 4 is 10.0 Å². The van der Waals surface area contributed by atoms with E-state index in [1.54, 1.807) is 16.8 Å². The van der Waals surface area contributed by atoms with Gasteiger partial charge in [-0.2, -0.15) is 0 Å². The number of hydrogen-bond acceptors (Lipinski definition) is 3. The Morgan fingerprint density at radius 1 is 1.24 bits per heavy atom. The molecule has 1 aromatic rings. The van der Waals surface area contributed by atoms with Gasteiger partial charge in [0.2, 0.25) is 10.0 Å². The number of aliphatic hydroxyl groups is 1. The van der Waals surface area contributed by atoms with Crippen LogP contribution in [-0.4, -0.2) is 23.6 Å². The number of nitrogens with zero attached hydrogens (tertiary/aromatic N) is 1. The van der Waals surface area contributed by atoms with Gasteiger partial charge in [0, 0.05) is 23.5 Å². The number of hydrogen-bond donors (Lipinski definition) is 2. The summed E-state index contributed by atoms with van der Waals surface area (Å²) in [7, 11) is -3.58. The van der Waals surface area contributed by atoms with E-state index in [1.165, 1.54) is 0 Å². The fourth-order valence-corrected chi connectivity index (χ4v) is 4.23. The molecule has 0 atom stereocenters. The molecular formula is C15H28N2O3S. The van der Waals surface area contributed by atoms with Crippen molar-refractivity contribution in [2.24, 2.45) is 0 Å². The van der Waals surface area contributed by atoms with Crippen LogP contribution in [0.3, 0.4) is 0 Å². The Kier molecular flexibility index (Phi) is 6.01. The Morgan fingerprint density at radius 3 is 2.10 bits per heavy atom. The normalized spacial score (nSPS) is 13.1. The average Bonchev–Trinajstić information content (AvgIpc) is 2.90. The molecule has 0 radical (unpaired) electrons. The van der Waals surface area contributed by atoms with Crippen LogP contribution < -0.4 is 4.72 Å². The first kappa shape index (κ1) is 18.2. The van der Waals surface area contributed by atoms with E-state index >= 15 is 0 Å². The fraction of sp³-hybridized carbons (Fsp3) is 0.733. The summed E-state index contributed by atoms with van der Waals surface area (Å²) in [5.41, 5.74) is 0.207. The molecule has 5 nitrogen and oxygen atoms in total. The van der Waals surface area contributed by atoms with Gasteiger partial charge in [-0.05, 0) is 39.2 Å². The van der Waals surface area contributed by atoms with Crippen LogP contribution in [0.2, 0.25) is 0 Å². The molecule has 0 aliphatic carbocycles. The number of nitrogens with one attached hydrogen (secondary N) is 1. The molecule has 1 rings (SSSR count). The molecule has 0 amide bonds. The van der Waals surface area contributed by atoms with E-state index in [4.69, 9.17) is 0 Å². The van der Waals surface area contributed by atoms with E-state index in [0.717, 1.165) is 19.3 Å². The largest absolute Gasteiger partial charge is 0.390 e. The lowest BCUT2D eigenvalue weighted by atomic mass is 9.91. The topological polar surface area (TPSA) is 71.3 Å². The monoisotopic (exact) mass is 316 g/mol. The van der Waals surface area contributed by atoms with Crippen molar-refractivity contribution in [1.82, 2.24) is 9.29 Å². The Hall–Kier alpha value is -0.850. The molecule has 2 N–H and O–H groups in total. The minimum Gasteiger partial charge on any atom is -0.390 e. The minimum atomic E-state index is -3.58. The lowest BCUT2D eigenvalue weighted by molar-refractivity contribution is 0.268. The first-order chi connectivity index (χ1) is 9.75. The van der Waals surface area contributed by atoms with E-state index in [2.05, 4.69) is 4.72 Å². The van der Waals surface area contributed by atoms with Crippen molar-refractivity contribution in [2.75, 3.05) is 0 Å². The molecule has 0 bridgehead atoms. The van der Waals surface area contributed by atoms with Crippen molar-refractivity contribution in [1.29, 1.82) is 0 Å². The second kappa shape index (κ2) is 6.94. The molecule has 0 saturated carbocycles. The lowest BCUT2D eigenvalue weighted by Gasteiger charge is -2.31. The Labute approximate surface area is 128 Å². The van der Waals surface area contributed by atoms with Gasteiger partial charge in [0.15, 0.2) is 0 Å². The van der Waals surface area contributed by atoms with E-state index in [0.29, 0.717) is 5.69 Å². The van der Waals surface area contributed by atoms with Gasteiger partial charge in [0.1, 0.15) is 4.90 Å². The molecule has 0 saturated heterocycles. The zero-order chi connectivity index (χ0) is 16.3. The van der Waals surface area contributed by atoms with Gasteiger partial charge >= 0.3 is 0 Å². The van der Waals surface area contributed by atoms with Crippen molar-refractivity contribution in [3.8, 4) is 0 Å². The average molecular weight is 316 g/mol. The molecule has 0 fully saturated rings. The molecule has 1 heterocycles. The molecule has 1 aromatic heterocycles. The molecule has 0 spiro atoms. The van der Waals surface area contributed by atoms with Crippen LogP contribution in [-0.2, 0) is 16.6 Å². The summed E-state index contributed by atoms with van der Waals surface area (Å²) in [5.74, 6) is 0. The summed E-state index contributed by atoms with van der Waals surface area (Å²) in [5, 5.41) is 9.38. The highest BCUT2D eigenvalue weighted by atomic mass is 32.2. The zero-order valence-electron chi connectivity index (χ0n) is 13.7. The third-order valence-electron chi connectivity index (χ3n) is 4.32. The summed E-state index contributed by atoms with van der Waals surface area (Å²) < 4.78 is 29.9. The van der Waals surface area contributed by atoms with Crippen LogP contribution in [0.1, 0.15) is 65.6 Å². The van der Waals surface area contributed by atoms with Gasteiger partial charge in [0.25, 0.3) is 0 Å². The van der Waals surface area contributed by atoms with E-state index in [1.807, 2.05) is 34.6 Å². The van der Waals surface area contributed by atoms with Gasteiger partial charge in [-0.15, -0.1) is 0 Å². The van der Waals surface area contributed by atoms with E-state index in [9.17, 15) is 13.5 Å². The minimum absolute atomic E-state index is 0.101. The summed E-state index contributed by atoms with van der Waals surface area (Å²) in [6.45, 7) is 9.72. The highest BCUT2D eigenvalue weighted by Crippen LogP contribution is 2.25. The van der Waals surface area contributed by atoms with Crippen molar-refractivity contribution in [3.05, 3.63) is 18.0 Å². The Bertz CT molecular complexity index is 549. The molecule has 0 aliphatic heterocycles. The number of aliphatic hydroxyl groups excluding tert-OH is 1. The molecular weight excluding hydrogens is 288 g/mol. The van der Waals surface area contributed by atoms with Crippen molar-refractivity contribution in [2.45, 2.75) is 77.0 Å². The molecule has 6 heteroatoms. The maximum Gasteiger partial charge on any atom is 0.242 e. The van der Waals surface area contributed by atoms with E-state index < -0.39 is 15.6 Å². The predicted molar refractivity (Wildman–Crippen MR) is 84.7 cm³/mol. The van der Waals surface area contributed by atoms with Crippen LogP contribution in [0.25, 0.3) is 0 Å². The quantitative estimate of drug-likeness (QED) is 0.774. The second-order valence-corrected chi connectivity index (χ2v) is 7.46. The second-order valence-electron chi connectivity index (χ2n) is 5.77. The highest BCUT2D eigenvalue weighted by Gasteiger charge is 2.31. The first-order valence-electron chi connectivity index (χ1n) is 7.60.